The van der Waals surface area contributed by atoms with E-state index in [4.69, 9.17) is 9.26 Å². The van der Waals surface area contributed by atoms with E-state index in [0.29, 0.717) is 36.5 Å². The number of ether oxygens (including phenoxy) is 1. The van der Waals surface area contributed by atoms with Crippen LogP contribution in [0.3, 0.4) is 0 Å². The van der Waals surface area contributed by atoms with Crippen molar-refractivity contribution >= 4 is 11.7 Å². The van der Waals surface area contributed by atoms with Gasteiger partial charge in [0.05, 0.1) is 23.9 Å². The summed E-state index contributed by atoms with van der Waals surface area (Å²) in [5, 5.41) is 6.36. The molecule has 1 unspecified atom stereocenters. The maximum atomic E-state index is 13.2. The average Bonchev–Trinajstić information content (AvgIpc) is 3.43. The third kappa shape index (κ3) is 4.18. The lowest BCUT2D eigenvalue weighted by Gasteiger charge is -2.23. The summed E-state index contributed by atoms with van der Waals surface area (Å²) in [7, 11) is 1.53. The van der Waals surface area contributed by atoms with Crippen molar-refractivity contribution in [1.82, 2.24) is 15.0 Å². The minimum Gasteiger partial charge on any atom is -0.496 e. The monoisotopic (exact) mass is 432 g/mol. The van der Waals surface area contributed by atoms with Crippen LogP contribution < -0.4 is 10.1 Å². The third-order valence-corrected chi connectivity index (χ3v) is 5.06. The number of aromatic nitrogens is 2. The maximum absolute atomic E-state index is 13.2. The molecule has 1 fully saturated rings. The first-order valence-corrected chi connectivity index (χ1v) is 9.59. The smallest absolute Gasteiger partial charge is 0.418 e. The van der Waals surface area contributed by atoms with Gasteiger partial charge in [-0.25, -0.2) is 4.79 Å². The highest BCUT2D eigenvalue weighted by atomic mass is 19.4. The molecule has 0 radical (unpaired) electrons. The quantitative estimate of drug-likeness (QED) is 0.618. The minimum atomic E-state index is -4.58. The Morgan fingerprint density at radius 3 is 2.71 bits per heavy atom. The fourth-order valence-electron chi connectivity index (χ4n) is 3.60. The summed E-state index contributed by atoms with van der Waals surface area (Å²) in [5.41, 5.74) is -0.575. The van der Waals surface area contributed by atoms with Crippen molar-refractivity contribution in [3.63, 3.8) is 0 Å². The maximum Gasteiger partial charge on any atom is 0.418 e. The zero-order valence-corrected chi connectivity index (χ0v) is 16.5. The fraction of sp³-hybridized carbons (Fsp3) is 0.286. The Labute approximate surface area is 175 Å². The van der Waals surface area contributed by atoms with Gasteiger partial charge in [0.1, 0.15) is 11.8 Å². The van der Waals surface area contributed by atoms with Crippen molar-refractivity contribution in [2.24, 2.45) is 0 Å². The van der Waals surface area contributed by atoms with Crippen molar-refractivity contribution in [1.29, 1.82) is 0 Å². The fourth-order valence-corrected chi connectivity index (χ4v) is 3.60. The lowest BCUT2D eigenvalue weighted by molar-refractivity contribution is -0.136. The number of nitrogens with one attached hydrogen (secondary N) is 1. The first-order chi connectivity index (χ1) is 14.9. The molecule has 31 heavy (non-hydrogen) atoms. The summed E-state index contributed by atoms with van der Waals surface area (Å²) in [6, 6.07) is 10.8. The van der Waals surface area contributed by atoms with Crippen molar-refractivity contribution in [3.8, 4) is 17.1 Å². The number of likely N-dealkylation sites (tertiary alicyclic amines) is 1. The van der Waals surface area contributed by atoms with Crippen molar-refractivity contribution in [3.05, 3.63) is 60.0 Å². The van der Waals surface area contributed by atoms with Crippen molar-refractivity contribution in [2.45, 2.75) is 25.1 Å². The summed E-state index contributed by atoms with van der Waals surface area (Å²) in [4.78, 5) is 18.6. The molecule has 1 N–H and O–H groups in total. The number of hydrogen-bond acceptors (Lipinski definition) is 5. The molecule has 1 aliphatic heterocycles. The Morgan fingerprint density at radius 1 is 1.19 bits per heavy atom. The number of carbonyl (C=O) groups excluding carboxylic acids is 1. The lowest BCUT2D eigenvalue weighted by atomic mass is 10.1. The summed E-state index contributed by atoms with van der Waals surface area (Å²) < 4.78 is 50.4. The number of benzene rings is 2. The van der Waals surface area contributed by atoms with Gasteiger partial charge < -0.3 is 19.5 Å². The molecule has 2 heterocycles. The Morgan fingerprint density at radius 2 is 1.94 bits per heavy atom. The molecule has 0 aliphatic carbocycles. The molecule has 162 valence electrons. The van der Waals surface area contributed by atoms with Crippen molar-refractivity contribution in [2.75, 3.05) is 19.0 Å². The van der Waals surface area contributed by atoms with Gasteiger partial charge in [-0.15, -0.1) is 0 Å². The number of urea groups is 1. The molecule has 2 aromatic carbocycles. The van der Waals surface area contributed by atoms with Crippen molar-refractivity contribution < 1.29 is 27.2 Å². The van der Waals surface area contributed by atoms with E-state index in [1.807, 2.05) is 6.07 Å². The topological polar surface area (TPSA) is 80.5 Å². The molecule has 3 aromatic rings. The molecule has 0 saturated carbocycles. The largest absolute Gasteiger partial charge is 0.496 e. The van der Waals surface area contributed by atoms with Crippen LogP contribution in [0, 0.1) is 0 Å². The Kier molecular flexibility index (Phi) is 5.53. The van der Waals surface area contributed by atoms with Crippen LogP contribution in [0.5, 0.6) is 5.75 Å². The molecule has 1 aliphatic rings. The van der Waals surface area contributed by atoms with E-state index < -0.39 is 23.8 Å². The normalized spacial score (nSPS) is 16.4. The number of anilines is 1. The number of amides is 2. The number of alkyl halides is 3. The van der Waals surface area contributed by atoms with Gasteiger partial charge in [0, 0.05) is 6.54 Å². The van der Waals surface area contributed by atoms with E-state index in [1.54, 1.807) is 18.2 Å². The SMILES string of the molecule is COc1ccccc1-c1noc(C2CCCN2C(=O)Nc2ccccc2C(F)(F)F)n1. The molecule has 1 saturated heterocycles. The van der Waals surface area contributed by atoms with Gasteiger partial charge in [-0.2, -0.15) is 18.2 Å². The number of nitrogens with zero attached hydrogens (tertiary/aromatic N) is 3. The molecule has 7 nitrogen and oxygen atoms in total. The minimum absolute atomic E-state index is 0.220. The molecular weight excluding hydrogens is 413 g/mol. The zero-order valence-electron chi connectivity index (χ0n) is 16.5. The summed E-state index contributed by atoms with van der Waals surface area (Å²) in [6.45, 7) is 0.358. The Hall–Kier alpha value is -3.56. The van der Waals surface area contributed by atoms with Gasteiger partial charge in [-0.05, 0) is 37.1 Å². The van der Waals surface area contributed by atoms with Crippen LogP contribution in [-0.2, 0) is 6.18 Å². The van der Waals surface area contributed by atoms with E-state index in [9.17, 15) is 18.0 Å². The molecular formula is C21H19F3N4O3. The first-order valence-electron chi connectivity index (χ1n) is 9.59. The van der Waals surface area contributed by atoms with Crippen LogP contribution in [-0.4, -0.2) is 34.7 Å². The number of hydrogen-bond donors (Lipinski definition) is 1. The molecule has 2 amide bonds. The number of halogens is 3. The highest BCUT2D eigenvalue weighted by molar-refractivity contribution is 5.90. The standard InChI is InChI=1S/C21H19F3N4O3/c1-30-17-11-5-2-7-13(17)18-26-19(31-27-18)16-10-6-12-28(16)20(29)25-15-9-4-3-8-14(15)21(22,23)24/h2-5,7-9,11,16H,6,10,12H2,1H3,(H,25,29). The first kappa shape index (κ1) is 20.7. The summed E-state index contributed by atoms with van der Waals surface area (Å²) in [6.07, 6.45) is -3.36. The van der Waals surface area contributed by atoms with Crippen LogP contribution >= 0.6 is 0 Å². The van der Waals surface area contributed by atoms with E-state index in [1.165, 1.54) is 30.2 Å². The van der Waals surface area contributed by atoms with Gasteiger partial charge in [0.2, 0.25) is 11.7 Å². The molecule has 4 rings (SSSR count). The van der Waals surface area contributed by atoms with E-state index >= 15 is 0 Å². The van der Waals surface area contributed by atoms with Crippen LogP contribution in [0.4, 0.5) is 23.7 Å². The van der Waals surface area contributed by atoms with Gasteiger partial charge in [0.25, 0.3) is 0 Å². The van der Waals surface area contributed by atoms with E-state index in [-0.39, 0.29) is 11.6 Å². The molecule has 0 spiro atoms. The lowest BCUT2D eigenvalue weighted by Crippen LogP contribution is -2.35. The van der Waals surface area contributed by atoms with E-state index in [2.05, 4.69) is 15.5 Å². The summed E-state index contributed by atoms with van der Waals surface area (Å²) in [5.74, 6) is 1.10. The summed E-state index contributed by atoms with van der Waals surface area (Å²) >= 11 is 0. The number of para-hydroxylation sites is 2. The van der Waals surface area contributed by atoms with Gasteiger partial charge >= 0.3 is 12.2 Å². The number of carbonyl (C=O) groups is 1. The van der Waals surface area contributed by atoms with Crippen LogP contribution in [0.2, 0.25) is 0 Å². The molecule has 1 aromatic heterocycles. The molecule has 1 atom stereocenters. The second-order valence-corrected chi connectivity index (χ2v) is 6.98. The zero-order chi connectivity index (χ0) is 22.0. The average molecular weight is 432 g/mol. The van der Waals surface area contributed by atoms with Crippen LogP contribution in [0.15, 0.2) is 53.1 Å². The third-order valence-electron chi connectivity index (χ3n) is 5.06. The predicted octanol–water partition coefficient (Wildman–Crippen LogP) is 5.13. The highest BCUT2D eigenvalue weighted by Crippen LogP contribution is 2.37. The Balaban J connectivity index is 1.56. The molecule has 10 heteroatoms. The van der Waals surface area contributed by atoms with Crippen LogP contribution in [0.1, 0.15) is 30.3 Å². The number of rotatable bonds is 4. The van der Waals surface area contributed by atoms with E-state index in [0.717, 1.165) is 6.07 Å². The molecule has 0 bridgehead atoms. The predicted molar refractivity (Wildman–Crippen MR) is 105 cm³/mol. The van der Waals surface area contributed by atoms with Crippen LogP contribution in [0.25, 0.3) is 11.4 Å². The van der Waals surface area contributed by atoms with Gasteiger partial charge in [-0.3, -0.25) is 0 Å². The Bertz CT molecular complexity index is 1080. The van der Waals surface area contributed by atoms with Gasteiger partial charge in [-0.1, -0.05) is 29.4 Å². The van der Waals surface area contributed by atoms with Gasteiger partial charge in [0.15, 0.2) is 0 Å². The second-order valence-electron chi connectivity index (χ2n) is 6.98. The highest BCUT2D eigenvalue weighted by Gasteiger charge is 2.37. The second kappa shape index (κ2) is 8.29. The number of methoxy groups -OCH3 is 1.